The number of carbonyl (C=O) groups excluding carboxylic acids is 2. The number of furan rings is 1. The van der Waals surface area contributed by atoms with E-state index < -0.39 is 11.0 Å². The third-order valence-corrected chi connectivity index (χ3v) is 5.96. The molecule has 10 heteroatoms. The number of hydrogen-bond donors (Lipinski definition) is 2. The number of nitro groups is 1. The monoisotopic (exact) mass is 469 g/mol. The van der Waals surface area contributed by atoms with Gasteiger partial charge in [-0.15, -0.1) is 0 Å². The molecule has 0 saturated carbocycles. The number of anilines is 1. The molecule has 33 heavy (non-hydrogen) atoms. The van der Waals surface area contributed by atoms with Gasteiger partial charge >= 0.3 is 0 Å². The predicted molar refractivity (Wildman–Crippen MR) is 121 cm³/mol. The van der Waals surface area contributed by atoms with Crippen molar-refractivity contribution in [1.29, 1.82) is 0 Å². The van der Waals surface area contributed by atoms with E-state index in [0.29, 0.717) is 37.6 Å². The number of nitrogens with one attached hydrogen (secondary N) is 2. The zero-order valence-electron chi connectivity index (χ0n) is 17.6. The molecular weight excluding hydrogens is 448 g/mol. The Morgan fingerprint density at radius 3 is 2.45 bits per heavy atom. The maximum absolute atomic E-state index is 13.4. The van der Waals surface area contributed by atoms with Gasteiger partial charge < -0.3 is 19.5 Å². The molecule has 1 aliphatic rings. The van der Waals surface area contributed by atoms with Crippen LogP contribution < -0.4 is 10.2 Å². The highest BCUT2D eigenvalue weighted by atomic mass is 35.5. The fourth-order valence-corrected chi connectivity index (χ4v) is 4.19. The molecule has 1 fully saturated rings. The normalized spacial score (nSPS) is 15.1. The standard InChI is InChI=1S/C23H21ClN4O5/c24-18-9-8-17(15-19(18)28(31)32)25-22(29)21(16-5-2-1-3-6-16)26-10-12-27(13-11-26)23(30)20-7-4-14-33-20/h1-9,14-15,21H,10-13H2,(H,25,29)/p+1/t21-/m0/s1. The molecule has 1 aromatic heterocycles. The molecule has 0 radical (unpaired) electrons. The predicted octanol–water partition coefficient (Wildman–Crippen LogP) is 2.56. The zero-order chi connectivity index (χ0) is 23.4. The summed E-state index contributed by atoms with van der Waals surface area (Å²) in [5, 5.41) is 14.0. The van der Waals surface area contributed by atoms with E-state index in [1.54, 1.807) is 17.0 Å². The van der Waals surface area contributed by atoms with Crippen molar-refractivity contribution in [3.05, 3.63) is 93.4 Å². The van der Waals surface area contributed by atoms with Crippen LogP contribution in [0, 0.1) is 10.1 Å². The Balaban J connectivity index is 1.52. The van der Waals surface area contributed by atoms with Gasteiger partial charge in [0.05, 0.1) is 37.4 Å². The van der Waals surface area contributed by atoms with E-state index in [0.717, 1.165) is 10.5 Å². The number of carbonyl (C=O) groups is 2. The maximum atomic E-state index is 13.4. The van der Waals surface area contributed by atoms with Crippen molar-refractivity contribution in [3.8, 4) is 0 Å². The van der Waals surface area contributed by atoms with E-state index in [-0.39, 0.29) is 22.5 Å². The second kappa shape index (κ2) is 9.85. The van der Waals surface area contributed by atoms with Crippen molar-refractivity contribution in [3.63, 3.8) is 0 Å². The third-order valence-electron chi connectivity index (χ3n) is 5.64. The Hall–Kier alpha value is -3.69. The molecule has 0 aliphatic carbocycles. The smallest absolute Gasteiger partial charge is 0.289 e. The highest BCUT2D eigenvalue weighted by Crippen LogP contribution is 2.28. The average molecular weight is 470 g/mol. The maximum Gasteiger partial charge on any atom is 0.289 e. The number of piperazine rings is 1. The lowest BCUT2D eigenvalue weighted by Crippen LogP contribution is -3.16. The van der Waals surface area contributed by atoms with Crippen LogP contribution in [0.4, 0.5) is 11.4 Å². The molecule has 3 aromatic rings. The zero-order valence-corrected chi connectivity index (χ0v) is 18.3. The summed E-state index contributed by atoms with van der Waals surface area (Å²) in [6.07, 6.45) is 1.46. The van der Waals surface area contributed by atoms with Crippen molar-refractivity contribution in [2.45, 2.75) is 6.04 Å². The summed E-state index contributed by atoms with van der Waals surface area (Å²) in [6.45, 7) is 2.05. The first-order valence-corrected chi connectivity index (χ1v) is 10.8. The summed E-state index contributed by atoms with van der Waals surface area (Å²) in [7, 11) is 0. The molecule has 2 N–H and O–H groups in total. The van der Waals surface area contributed by atoms with Gasteiger partial charge in [0.2, 0.25) is 0 Å². The molecule has 170 valence electrons. The second-order valence-corrected chi connectivity index (χ2v) is 8.09. The van der Waals surface area contributed by atoms with Crippen molar-refractivity contribution < 1.29 is 23.8 Å². The van der Waals surface area contributed by atoms with Gasteiger partial charge in [-0.2, -0.15) is 0 Å². The number of benzene rings is 2. The lowest BCUT2D eigenvalue weighted by molar-refractivity contribution is -0.925. The Morgan fingerprint density at radius 2 is 1.82 bits per heavy atom. The lowest BCUT2D eigenvalue weighted by atomic mass is 10.0. The van der Waals surface area contributed by atoms with Gasteiger partial charge in [0.25, 0.3) is 17.5 Å². The molecule has 1 aliphatic heterocycles. The minimum Gasteiger partial charge on any atom is -0.459 e. The largest absolute Gasteiger partial charge is 0.459 e. The first-order chi connectivity index (χ1) is 15.9. The van der Waals surface area contributed by atoms with E-state index in [2.05, 4.69) is 5.32 Å². The summed E-state index contributed by atoms with van der Waals surface area (Å²) in [4.78, 5) is 39.2. The van der Waals surface area contributed by atoms with Crippen LogP contribution in [0.3, 0.4) is 0 Å². The number of halogens is 1. The highest BCUT2D eigenvalue weighted by Gasteiger charge is 2.36. The molecule has 0 unspecified atom stereocenters. The van der Waals surface area contributed by atoms with E-state index in [9.17, 15) is 19.7 Å². The Bertz CT molecular complexity index is 1140. The summed E-state index contributed by atoms with van der Waals surface area (Å²) in [5.74, 6) is -0.174. The van der Waals surface area contributed by atoms with E-state index in [1.807, 2.05) is 30.3 Å². The number of hydrogen-bond acceptors (Lipinski definition) is 5. The van der Waals surface area contributed by atoms with Gasteiger partial charge in [-0.05, 0) is 24.3 Å². The highest BCUT2D eigenvalue weighted by molar-refractivity contribution is 6.32. The van der Waals surface area contributed by atoms with E-state index in [1.165, 1.54) is 24.5 Å². The number of nitrogens with zero attached hydrogens (tertiary/aromatic N) is 2. The first kappa shape index (κ1) is 22.5. The van der Waals surface area contributed by atoms with Gasteiger partial charge in [-0.1, -0.05) is 41.9 Å². The number of quaternary nitrogens is 1. The fourth-order valence-electron chi connectivity index (χ4n) is 4.00. The summed E-state index contributed by atoms with van der Waals surface area (Å²) < 4.78 is 5.21. The summed E-state index contributed by atoms with van der Waals surface area (Å²) >= 11 is 5.89. The Labute approximate surface area is 194 Å². The van der Waals surface area contributed by atoms with Gasteiger partial charge in [0, 0.05) is 17.3 Å². The minimum atomic E-state index is -0.590. The molecule has 0 spiro atoms. The van der Waals surface area contributed by atoms with E-state index >= 15 is 0 Å². The average Bonchev–Trinajstić information content (AvgIpc) is 3.36. The van der Waals surface area contributed by atoms with Gasteiger partial charge in [0.1, 0.15) is 5.02 Å². The molecule has 9 nitrogen and oxygen atoms in total. The number of amides is 2. The SMILES string of the molecule is O=C(Nc1ccc(Cl)c([N+](=O)[O-])c1)[C@H](c1ccccc1)[NH+]1CCN(C(=O)c2ccco2)CC1. The topological polar surface area (TPSA) is 110 Å². The molecule has 2 aromatic carbocycles. The van der Waals surface area contributed by atoms with Crippen LogP contribution in [0.15, 0.2) is 71.3 Å². The summed E-state index contributed by atoms with van der Waals surface area (Å²) in [6, 6.07) is 16.3. The molecule has 0 bridgehead atoms. The van der Waals surface area contributed by atoms with Crippen LogP contribution in [0.25, 0.3) is 0 Å². The summed E-state index contributed by atoms with van der Waals surface area (Å²) in [5.41, 5.74) is 0.838. The molecular formula is C23H22ClN4O5+. The molecule has 2 heterocycles. The van der Waals surface area contributed by atoms with Crippen molar-refractivity contribution in [2.24, 2.45) is 0 Å². The Kier molecular flexibility index (Phi) is 6.71. The van der Waals surface area contributed by atoms with E-state index in [4.69, 9.17) is 16.0 Å². The molecule has 1 atom stereocenters. The second-order valence-electron chi connectivity index (χ2n) is 7.68. The molecule has 2 amide bonds. The van der Waals surface area contributed by atoms with Crippen molar-refractivity contribution >= 4 is 34.8 Å². The van der Waals surface area contributed by atoms with Crippen LogP contribution in [0.1, 0.15) is 22.2 Å². The van der Waals surface area contributed by atoms with Gasteiger partial charge in [0.15, 0.2) is 11.8 Å². The molecule has 4 rings (SSSR count). The van der Waals surface area contributed by atoms with Crippen molar-refractivity contribution in [2.75, 3.05) is 31.5 Å². The Morgan fingerprint density at radius 1 is 1.09 bits per heavy atom. The first-order valence-electron chi connectivity index (χ1n) is 10.4. The minimum absolute atomic E-state index is 0.000537. The number of nitro benzene ring substituents is 1. The quantitative estimate of drug-likeness (QED) is 0.426. The van der Waals surface area contributed by atoms with Crippen LogP contribution in [-0.2, 0) is 4.79 Å². The number of rotatable bonds is 6. The van der Waals surface area contributed by atoms with Gasteiger partial charge in [-0.3, -0.25) is 19.7 Å². The van der Waals surface area contributed by atoms with Crippen LogP contribution in [0.2, 0.25) is 5.02 Å². The lowest BCUT2D eigenvalue weighted by Gasteiger charge is -2.35. The van der Waals surface area contributed by atoms with Crippen LogP contribution in [0.5, 0.6) is 0 Å². The third kappa shape index (κ3) is 5.05. The van der Waals surface area contributed by atoms with Gasteiger partial charge in [-0.25, -0.2) is 0 Å². The van der Waals surface area contributed by atoms with Crippen molar-refractivity contribution in [1.82, 2.24) is 4.90 Å². The van der Waals surface area contributed by atoms with Crippen LogP contribution in [-0.4, -0.2) is 47.8 Å². The van der Waals surface area contributed by atoms with Crippen LogP contribution >= 0.6 is 11.6 Å². The molecule has 1 saturated heterocycles. The fraction of sp³-hybridized carbons (Fsp3) is 0.217.